The first kappa shape index (κ1) is 16.3. The lowest BCUT2D eigenvalue weighted by Crippen LogP contribution is -2.40. The number of pyridine rings is 1. The molecule has 0 radical (unpaired) electrons. The molecule has 0 fully saturated rings. The lowest BCUT2D eigenvalue weighted by atomic mass is 10.0. The Bertz CT molecular complexity index is 758. The van der Waals surface area contributed by atoms with Gasteiger partial charge in [-0.2, -0.15) is 0 Å². The van der Waals surface area contributed by atoms with Gasteiger partial charge in [0.25, 0.3) is 5.91 Å². The summed E-state index contributed by atoms with van der Waals surface area (Å²) >= 11 is 0. The number of methoxy groups -OCH3 is 1. The van der Waals surface area contributed by atoms with E-state index in [1.54, 1.807) is 7.11 Å². The molecule has 5 heteroatoms. The molecule has 1 aliphatic heterocycles. The molecule has 0 saturated carbocycles. The maximum absolute atomic E-state index is 12.5. The third-order valence-corrected chi connectivity index (χ3v) is 4.28. The van der Waals surface area contributed by atoms with Crippen LogP contribution >= 0.6 is 0 Å². The van der Waals surface area contributed by atoms with Gasteiger partial charge in [-0.05, 0) is 49.9 Å². The molecule has 0 spiro atoms. The Morgan fingerprint density at radius 1 is 1.38 bits per heavy atom. The van der Waals surface area contributed by atoms with Crippen molar-refractivity contribution in [3.8, 4) is 11.6 Å². The molecular weight excluding hydrogens is 304 g/mol. The second-order valence-corrected chi connectivity index (χ2v) is 6.04. The van der Waals surface area contributed by atoms with E-state index < -0.39 is 6.10 Å². The zero-order valence-corrected chi connectivity index (χ0v) is 14.3. The van der Waals surface area contributed by atoms with Gasteiger partial charge in [0, 0.05) is 17.8 Å². The van der Waals surface area contributed by atoms with Crippen molar-refractivity contribution in [1.82, 2.24) is 10.3 Å². The Labute approximate surface area is 142 Å². The summed E-state index contributed by atoms with van der Waals surface area (Å²) in [5.41, 5.74) is 4.00. The molecule has 0 saturated heterocycles. The predicted octanol–water partition coefficient (Wildman–Crippen LogP) is 2.72. The van der Waals surface area contributed by atoms with Crippen LogP contribution in [0.1, 0.15) is 28.8 Å². The van der Waals surface area contributed by atoms with E-state index >= 15 is 0 Å². The number of aryl methyl sites for hydroxylation is 3. The minimum absolute atomic E-state index is 0.105. The van der Waals surface area contributed by atoms with Gasteiger partial charge in [-0.3, -0.25) is 4.79 Å². The Hall–Kier alpha value is -2.56. The van der Waals surface area contributed by atoms with Crippen LogP contribution < -0.4 is 14.8 Å². The summed E-state index contributed by atoms with van der Waals surface area (Å²) in [5.74, 6) is 1.25. The number of rotatable bonds is 4. The van der Waals surface area contributed by atoms with Crippen LogP contribution in [0.25, 0.3) is 0 Å². The number of carbonyl (C=O) groups is 1. The van der Waals surface area contributed by atoms with Crippen LogP contribution in [-0.4, -0.2) is 24.1 Å². The van der Waals surface area contributed by atoms with E-state index in [2.05, 4.69) is 10.3 Å². The van der Waals surface area contributed by atoms with Gasteiger partial charge in [0.2, 0.25) is 5.88 Å². The highest BCUT2D eigenvalue weighted by Crippen LogP contribution is 2.27. The van der Waals surface area contributed by atoms with Crippen LogP contribution in [0.4, 0.5) is 0 Å². The number of para-hydroxylation sites is 1. The van der Waals surface area contributed by atoms with Gasteiger partial charge in [0.05, 0.1) is 7.11 Å². The Morgan fingerprint density at radius 2 is 2.17 bits per heavy atom. The summed E-state index contributed by atoms with van der Waals surface area (Å²) in [6, 6.07) is 9.84. The molecular formula is C19H22N2O3. The molecule has 5 nitrogen and oxygen atoms in total. The zero-order valence-electron chi connectivity index (χ0n) is 14.3. The lowest BCUT2D eigenvalue weighted by Gasteiger charge is -2.25. The quantitative estimate of drug-likeness (QED) is 0.938. The van der Waals surface area contributed by atoms with Crippen molar-refractivity contribution in [3.05, 3.63) is 52.7 Å². The van der Waals surface area contributed by atoms with Crippen LogP contribution in [0.15, 0.2) is 30.3 Å². The number of nitrogens with one attached hydrogen (secondary N) is 1. The Morgan fingerprint density at radius 3 is 2.96 bits per heavy atom. The highest BCUT2D eigenvalue weighted by Gasteiger charge is 2.26. The number of carbonyl (C=O) groups excluding carboxylic acids is 1. The first-order valence-corrected chi connectivity index (χ1v) is 8.12. The number of amides is 1. The van der Waals surface area contributed by atoms with Crippen molar-refractivity contribution >= 4 is 5.91 Å². The molecule has 24 heavy (non-hydrogen) atoms. The number of fused-ring (bicyclic) bond motifs is 1. The van der Waals surface area contributed by atoms with Gasteiger partial charge in [0.15, 0.2) is 6.10 Å². The summed E-state index contributed by atoms with van der Waals surface area (Å²) < 4.78 is 11.2. The highest BCUT2D eigenvalue weighted by atomic mass is 16.5. The van der Waals surface area contributed by atoms with Crippen molar-refractivity contribution < 1.29 is 14.3 Å². The molecule has 1 aliphatic rings. The highest BCUT2D eigenvalue weighted by molar-refractivity contribution is 5.81. The summed E-state index contributed by atoms with van der Waals surface area (Å²) in [7, 11) is 1.59. The molecule has 1 amide bonds. The zero-order chi connectivity index (χ0) is 17.1. The van der Waals surface area contributed by atoms with Gasteiger partial charge in [0.1, 0.15) is 5.75 Å². The van der Waals surface area contributed by atoms with Gasteiger partial charge in [-0.15, -0.1) is 0 Å². The standard InChI is InChI=1S/C19H22N2O3/c1-12-10-13(2)21-19(23-3)15(12)11-20-18(22)17-9-8-14-6-4-5-7-16(14)24-17/h4-7,10,17H,8-9,11H2,1-3H3,(H,20,22). The third-order valence-electron chi connectivity index (χ3n) is 4.28. The van der Waals surface area contributed by atoms with Gasteiger partial charge < -0.3 is 14.8 Å². The Kier molecular flexibility index (Phi) is 4.69. The molecule has 1 atom stereocenters. The predicted molar refractivity (Wildman–Crippen MR) is 91.3 cm³/mol. The van der Waals surface area contributed by atoms with E-state index in [9.17, 15) is 4.79 Å². The van der Waals surface area contributed by atoms with E-state index in [1.807, 2.05) is 44.2 Å². The van der Waals surface area contributed by atoms with Crippen molar-refractivity contribution in [2.24, 2.45) is 0 Å². The minimum atomic E-state index is -0.454. The average molecular weight is 326 g/mol. The molecule has 0 bridgehead atoms. The smallest absolute Gasteiger partial charge is 0.261 e. The summed E-state index contributed by atoms with van der Waals surface area (Å²) in [4.78, 5) is 16.8. The average Bonchev–Trinajstić information content (AvgIpc) is 2.59. The van der Waals surface area contributed by atoms with E-state index in [-0.39, 0.29) is 5.91 Å². The fourth-order valence-electron chi connectivity index (χ4n) is 3.01. The van der Waals surface area contributed by atoms with Crippen LogP contribution in [-0.2, 0) is 17.8 Å². The van der Waals surface area contributed by atoms with E-state index in [0.29, 0.717) is 18.8 Å². The first-order valence-electron chi connectivity index (χ1n) is 8.12. The first-order chi connectivity index (χ1) is 11.6. The molecule has 3 rings (SSSR count). The number of nitrogens with zero attached hydrogens (tertiary/aromatic N) is 1. The van der Waals surface area contributed by atoms with Crippen LogP contribution in [0.2, 0.25) is 0 Å². The number of hydrogen-bond acceptors (Lipinski definition) is 4. The molecule has 0 aliphatic carbocycles. The fourth-order valence-corrected chi connectivity index (χ4v) is 3.01. The van der Waals surface area contributed by atoms with E-state index in [1.165, 1.54) is 0 Å². The SMILES string of the molecule is COc1nc(C)cc(C)c1CNC(=O)C1CCc2ccccc2O1. The minimum Gasteiger partial charge on any atom is -0.481 e. The summed E-state index contributed by atoms with van der Waals surface area (Å²) in [6.45, 7) is 4.29. The molecule has 1 N–H and O–H groups in total. The van der Waals surface area contributed by atoms with Gasteiger partial charge in [-0.1, -0.05) is 18.2 Å². The Balaban J connectivity index is 1.67. The molecule has 1 unspecified atom stereocenters. The lowest BCUT2D eigenvalue weighted by molar-refractivity contribution is -0.128. The van der Waals surface area contributed by atoms with E-state index in [0.717, 1.165) is 34.6 Å². The van der Waals surface area contributed by atoms with Crippen LogP contribution in [0.5, 0.6) is 11.6 Å². The van der Waals surface area contributed by atoms with Gasteiger partial charge in [-0.25, -0.2) is 4.98 Å². The topological polar surface area (TPSA) is 60.5 Å². The van der Waals surface area contributed by atoms with Crippen molar-refractivity contribution in [2.45, 2.75) is 39.3 Å². The number of benzene rings is 1. The summed E-state index contributed by atoms with van der Waals surface area (Å²) in [5, 5.41) is 2.95. The molecule has 2 heterocycles. The summed E-state index contributed by atoms with van der Waals surface area (Å²) in [6.07, 6.45) is 1.08. The van der Waals surface area contributed by atoms with Crippen LogP contribution in [0.3, 0.4) is 0 Å². The molecule has 1 aromatic carbocycles. The fraction of sp³-hybridized carbons (Fsp3) is 0.368. The van der Waals surface area contributed by atoms with Crippen LogP contribution in [0, 0.1) is 13.8 Å². The van der Waals surface area contributed by atoms with Gasteiger partial charge >= 0.3 is 0 Å². The second kappa shape index (κ2) is 6.91. The normalized spacial score (nSPS) is 16.0. The maximum atomic E-state index is 12.5. The maximum Gasteiger partial charge on any atom is 0.261 e. The third kappa shape index (κ3) is 3.35. The van der Waals surface area contributed by atoms with E-state index in [4.69, 9.17) is 9.47 Å². The van der Waals surface area contributed by atoms with Crippen molar-refractivity contribution in [3.63, 3.8) is 0 Å². The number of hydrogen-bond donors (Lipinski definition) is 1. The monoisotopic (exact) mass is 326 g/mol. The molecule has 1 aromatic heterocycles. The largest absolute Gasteiger partial charge is 0.481 e. The molecule has 126 valence electrons. The number of ether oxygens (including phenoxy) is 2. The van der Waals surface area contributed by atoms with Crippen molar-refractivity contribution in [2.75, 3.05) is 7.11 Å². The number of aromatic nitrogens is 1. The molecule has 2 aromatic rings. The second-order valence-electron chi connectivity index (χ2n) is 6.04. The van der Waals surface area contributed by atoms with Crippen molar-refractivity contribution in [1.29, 1.82) is 0 Å².